The highest BCUT2D eigenvalue weighted by atomic mass is 16.5. The van der Waals surface area contributed by atoms with Gasteiger partial charge in [0.25, 0.3) is 0 Å². The molecular formula is C12H17N3O2. The minimum atomic E-state index is -0.413. The fraction of sp³-hybridized carbons (Fsp3) is 0.417. The summed E-state index contributed by atoms with van der Waals surface area (Å²) >= 11 is 0. The molecule has 1 fully saturated rings. The van der Waals surface area contributed by atoms with Gasteiger partial charge >= 0.3 is 0 Å². The Hall–Kier alpha value is -1.75. The van der Waals surface area contributed by atoms with Crippen LogP contribution in [0.4, 0.5) is 11.4 Å². The molecule has 92 valence electrons. The summed E-state index contributed by atoms with van der Waals surface area (Å²) in [4.78, 5) is 13.4. The fourth-order valence-electron chi connectivity index (χ4n) is 2.06. The molecule has 0 aromatic heterocycles. The summed E-state index contributed by atoms with van der Waals surface area (Å²) in [6.07, 6.45) is 0. The third-order valence-electron chi connectivity index (χ3n) is 3.00. The molecule has 17 heavy (non-hydrogen) atoms. The molecule has 1 aromatic carbocycles. The molecule has 1 aromatic rings. The number of nitrogen functional groups attached to an aromatic ring is 1. The van der Waals surface area contributed by atoms with E-state index in [9.17, 15) is 4.79 Å². The molecular weight excluding hydrogens is 218 g/mol. The van der Waals surface area contributed by atoms with Crippen molar-refractivity contribution in [1.82, 2.24) is 0 Å². The molecule has 4 N–H and O–H groups in total. The van der Waals surface area contributed by atoms with E-state index in [4.69, 9.17) is 16.2 Å². The predicted molar refractivity (Wildman–Crippen MR) is 66.7 cm³/mol. The van der Waals surface area contributed by atoms with Gasteiger partial charge in [-0.3, -0.25) is 4.79 Å². The molecule has 1 amide bonds. The summed E-state index contributed by atoms with van der Waals surface area (Å²) in [5, 5.41) is 0. The molecule has 1 aliphatic heterocycles. The Morgan fingerprint density at radius 1 is 1.53 bits per heavy atom. The third kappa shape index (κ3) is 2.34. The number of amides is 1. The lowest BCUT2D eigenvalue weighted by atomic mass is 10.1. The normalized spacial score (nSPS) is 20.3. The van der Waals surface area contributed by atoms with Gasteiger partial charge in [-0.1, -0.05) is 6.07 Å². The predicted octanol–water partition coefficient (Wildman–Crippen LogP) is 0.268. The van der Waals surface area contributed by atoms with Gasteiger partial charge in [0.15, 0.2) is 0 Å². The summed E-state index contributed by atoms with van der Waals surface area (Å²) in [6.45, 7) is 3.57. The quantitative estimate of drug-likeness (QED) is 0.721. The highest BCUT2D eigenvalue weighted by Crippen LogP contribution is 2.26. The van der Waals surface area contributed by atoms with Gasteiger partial charge in [-0.05, 0) is 24.6 Å². The van der Waals surface area contributed by atoms with Gasteiger partial charge in [0, 0.05) is 17.9 Å². The van der Waals surface area contributed by atoms with Crippen LogP contribution in [0.15, 0.2) is 18.2 Å². The number of hydrogen-bond donors (Lipinski definition) is 2. The number of ether oxygens (including phenoxy) is 1. The number of morpholine rings is 1. The number of benzene rings is 1. The molecule has 0 bridgehead atoms. The van der Waals surface area contributed by atoms with E-state index in [0.29, 0.717) is 25.4 Å². The second-order valence-electron chi connectivity index (χ2n) is 4.23. The first-order valence-electron chi connectivity index (χ1n) is 5.59. The molecule has 1 saturated heterocycles. The first kappa shape index (κ1) is 11.7. The van der Waals surface area contributed by atoms with Gasteiger partial charge < -0.3 is 21.1 Å². The van der Waals surface area contributed by atoms with Crippen LogP contribution in [0.25, 0.3) is 0 Å². The first-order chi connectivity index (χ1) is 8.09. The van der Waals surface area contributed by atoms with Gasteiger partial charge in [0.05, 0.1) is 13.2 Å². The highest BCUT2D eigenvalue weighted by molar-refractivity contribution is 5.84. The van der Waals surface area contributed by atoms with Gasteiger partial charge in [-0.15, -0.1) is 0 Å². The Balaban J connectivity index is 2.35. The van der Waals surface area contributed by atoms with Crippen molar-refractivity contribution >= 4 is 17.3 Å². The van der Waals surface area contributed by atoms with Crippen LogP contribution in [0.5, 0.6) is 0 Å². The van der Waals surface area contributed by atoms with Gasteiger partial charge in [0.1, 0.15) is 6.04 Å². The van der Waals surface area contributed by atoms with E-state index in [-0.39, 0.29) is 5.91 Å². The number of nitrogens with two attached hydrogens (primary N) is 2. The number of nitrogens with zero attached hydrogens (tertiary/aromatic N) is 1. The molecule has 1 heterocycles. The topological polar surface area (TPSA) is 81.6 Å². The molecule has 5 nitrogen and oxygen atoms in total. The molecule has 1 unspecified atom stereocenters. The summed E-state index contributed by atoms with van der Waals surface area (Å²) in [5.41, 5.74) is 13.9. The van der Waals surface area contributed by atoms with Crippen molar-refractivity contribution in [2.75, 3.05) is 30.4 Å². The summed E-state index contributed by atoms with van der Waals surface area (Å²) in [5.74, 6) is -0.369. The standard InChI is InChI=1S/C12H17N3O2/c1-8-2-3-9(13)6-10(8)15-4-5-17-7-11(15)12(14)16/h2-3,6,11H,4-5,7,13H2,1H3,(H2,14,16). The van der Waals surface area contributed by atoms with Crippen LogP contribution < -0.4 is 16.4 Å². The van der Waals surface area contributed by atoms with Crippen LogP contribution in [0.1, 0.15) is 5.56 Å². The lowest BCUT2D eigenvalue weighted by Crippen LogP contribution is -2.52. The maximum Gasteiger partial charge on any atom is 0.242 e. The summed E-state index contributed by atoms with van der Waals surface area (Å²) < 4.78 is 5.29. The zero-order valence-electron chi connectivity index (χ0n) is 9.85. The Labute approximate surface area is 100 Å². The molecule has 1 aliphatic rings. The smallest absolute Gasteiger partial charge is 0.242 e. The van der Waals surface area contributed by atoms with Crippen LogP contribution >= 0.6 is 0 Å². The minimum absolute atomic E-state index is 0.337. The van der Waals surface area contributed by atoms with Crippen LogP contribution in [0.3, 0.4) is 0 Å². The van der Waals surface area contributed by atoms with Crippen LogP contribution in [0.2, 0.25) is 0 Å². The van der Waals surface area contributed by atoms with Gasteiger partial charge in [0.2, 0.25) is 5.91 Å². The maximum absolute atomic E-state index is 11.4. The third-order valence-corrected chi connectivity index (χ3v) is 3.00. The SMILES string of the molecule is Cc1ccc(N)cc1N1CCOCC1C(N)=O. The Kier molecular flexibility index (Phi) is 3.19. The van der Waals surface area contributed by atoms with Crippen molar-refractivity contribution in [3.05, 3.63) is 23.8 Å². The average Bonchev–Trinajstić information content (AvgIpc) is 2.32. The van der Waals surface area contributed by atoms with Crippen LogP contribution in [-0.4, -0.2) is 31.7 Å². The monoisotopic (exact) mass is 235 g/mol. The minimum Gasteiger partial charge on any atom is -0.399 e. The first-order valence-corrected chi connectivity index (χ1v) is 5.59. The van der Waals surface area contributed by atoms with Crippen LogP contribution in [-0.2, 0) is 9.53 Å². The molecule has 2 rings (SSSR count). The van der Waals surface area contributed by atoms with Crippen molar-refractivity contribution in [2.45, 2.75) is 13.0 Å². The number of carbonyl (C=O) groups excluding carboxylic acids is 1. The number of primary amides is 1. The van der Waals surface area contributed by atoms with E-state index in [1.807, 2.05) is 30.0 Å². The zero-order chi connectivity index (χ0) is 12.4. The summed E-state index contributed by atoms with van der Waals surface area (Å²) in [6, 6.07) is 5.25. The van der Waals surface area contributed by atoms with Crippen molar-refractivity contribution < 1.29 is 9.53 Å². The molecule has 0 aliphatic carbocycles. The Bertz CT molecular complexity index is 434. The van der Waals surface area contributed by atoms with E-state index >= 15 is 0 Å². The average molecular weight is 235 g/mol. The molecule has 0 saturated carbocycles. The lowest BCUT2D eigenvalue weighted by molar-refractivity contribution is -0.121. The number of carbonyl (C=O) groups is 1. The van der Waals surface area contributed by atoms with E-state index in [1.165, 1.54) is 0 Å². The number of rotatable bonds is 2. The van der Waals surface area contributed by atoms with E-state index in [0.717, 1.165) is 11.3 Å². The van der Waals surface area contributed by atoms with E-state index in [1.54, 1.807) is 0 Å². The van der Waals surface area contributed by atoms with Gasteiger partial charge in [-0.2, -0.15) is 0 Å². The molecule has 0 radical (unpaired) electrons. The molecule has 0 spiro atoms. The van der Waals surface area contributed by atoms with Gasteiger partial charge in [-0.25, -0.2) is 0 Å². The van der Waals surface area contributed by atoms with Crippen LogP contribution in [0, 0.1) is 6.92 Å². The number of aryl methyl sites for hydroxylation is 1. The largest absolute Gasteiger partial charge is 0.399 e. The van der Waals surface area contributed by atoms with Crippen molar-refractivity contribution in [2.24, 2.45) is 5.73 Å². The fourth-order valence-corrected chi connectivity index (χ4v) is 2.06. The number of anilines is 2. The molecule has 5 heteroatoms. The Morgan fingerprint density at radius 2 is 2.29 bits per heavy atom. The number of hydrogen-bond acceptors (Lipinski definition) is 4. The second kappa shape index (κ2) is 4.63. The van der Waals surface area contributed by atoms with E-state index in [2.05, 4.69) is 0 Å². The van der Waals surface area contributed by atoms with Crippen molar-refractivity contribution in [3.63, 3.8) is 0 Å². The molecule has 1 atom stereocenters. The Morgan fingerprint density at radius 3 is 3.00 bits per heavy atom. The second-order valence-corrected chi connectivity index (χ2v) is 4.23. The lowest BCUT2D eigenvalue weighted by Gasteiger charge is -2.36. The highest BCUT2D eigenvalue weighted by Gasteiger charge is 2.28. The van der Waals surface area contributed by atoms with Crippen molar-refractivity contribution in [1.29, 1.82) is 0 Å². The van der Waals surface area contributed by atoms with Crippen molar-refractivity contribution in [3.8, 4) is 0 Å². The van der Waals surface area contributed by atoms with E-state index < -0.39 is 6.04 Å². The zero-order valence-corrected chi connectivity index (χ0v) is 9.85. The maximum atomic E-state index is 11.4. The summed E-state index contributed by atoms with van der Waals surface area (Å²) in [7, 11) is 0.